The van der Waals surface area contributed by atoms with E-state index in [1.54, 1.807) is 6.92 Å². The number of carbonyl (C=O) groups excluding carboxylic acids is 1. The maximum absolute atomic E-state index is 13.5. The summed E-state index contributed by atoms with van der Waals surface area (Å²) in [7, 11) is 0. The van der Waals surface area contributed by atoms with Crippen LogP contribution in [0.15, 0.2) is 12.1 Å². The number of benzene rings is 1. The van der Waals surface area contributed by atoms with Crippen molar-refractivity contribution in [2.75, 3.05) is 0 Å². The van der Waals surface area contributed by atoms with Crippen molar-refractivity contribution in [3.05, 3.63) is 33.6 Å². The highest BCUT2D eigenvalue weighted by molar-refractivity contribution is 6.36. The van der Waals surface area contributed by atoms with Gasteiger partial charge in [-0.25, -0.2) is 9.18 Å². The molecule has 1 aromatic rings. The smallest absolute Gasteiger partial charge is 0.315 e. The lowest BCUT2D eigenvalue weighted by atomic mass is 9.93. The molecule has 2 rings (SSSR count). The number of hydrogen-bond acceptors (Lipinski definition) is 2. The van der Waals surface area contributed by atoms with Crippen LogP contribution in [0, 0.1) is 5.82 Å². The van der Waals surface area contributed by atoms with E-state index in [0.717, 1.165) is 12.8 Å². The second kappa shape index (κ2) is 7.49. The van der Waals surface area contributed by atoms with Gasteiger partial charge in [0.2, 0.25) is 0 Å². The number of rotatable bonds is 3. The molecule has 0 heterocycles. The Morgan fingerprint density at radius 1 is 1.32 bits per heavy atom. The molecule has 22 heavy (non-hydrogen) atoms. The van der Waals surface area contributed by atoms with E-state index in [4.69, 9.17) is 23.2 Å². The van der Waals surface area contributed by atoms with Crippen molar-refractivity contribution in [1.82, 2.24) is 10.6 Å². The summed E-state index contributed by atoms with van der Waals surface area (Å²) in [6, 6.07) is 1.76. The normalized spacial score (nSPS) is 23.0. The predicted octanol–water partition coefficient (Wildman–Crippen LogP) is 3.80. The molecular formula is C15H19Cl2FN2O2. The van der Waals surface area contributed by atoms with Crippen molar-refractivity contribution in [3.63, 3.8) is 0 Å². The van der Waals surface area contributed by atoms with Gasteiger partial charge < -0.3 is 15.7 Å². The maximum Gasteiger partial charge on any atom is 0.315 e. The summed E-state index contributed by atoms with van der Waals surface area (Å²) < 4.78 is 13.5. The SMILES string of the molecule is CC(NC(=O)NC1CCC(O)CC1)c1c(Cl)ccc(F)c1Cl. The molecule has 1 aliphatic carbocycles. The van der Waals surface area contributed by atoms with Gasteiger partial charge in [0.1, 0.15) is 5.82 Å². The first-order valence-corrected chi connectivity index (χ1v) is 8.02. The fourth-order valence-electron chi connectivity index (χ4n) is 2.66. The highest BCUT2D eigenvalue weighted by Gasteiger charge is 2.23. The Morgan fingerprint density at radius 3 is 2.59 bits per heavy atom. The summed E-state index contributed by atoms with van der Waals surface area (Å²) in [5, 5.41) is 15.2. The van der Waals surface area contributed by atoms with Gasteiger partial charge in [-0.05, 0) is 44.7 Å². The van der Waals surface area contributed by atoms with Crippen LogP contribution in [-0.2, 0) is 0 Å². The van der Waals surface area contributed by atoms with E-state index >= 15 is 0 Å². The van der Waals surface area contributed by atoms with E-state index in [0.29, 0.717) is 23.4 Å². The van der Waals surface area contributed by atoms with Crippen LogP contribution in [-0.4, -0.2) is 23.3 Å². The topological polar surface area (TPSA) is 61.4 Å². The van der Waals surface area contributed by atoms with Crippen LogP contribution in [0.3, 0.4) is 0 Å². The van der Waals surface area contributed by atoms with Gasteiger partial charge in [0.05, 0.1) is 17.2 Å². The molecule has 0 spiro atoms. The molecule has 7 heteroatoms. The molecule has 2 amide bonds. The van der Waals surface area contributed by atoms with Crippen LogP contribution in [0.4, 0.5) is 9.18 Å². The lowest BCUT2D eigenvalue weighted by Gasteiger charge is -2.27. The summed E-state index contributed by atoms with van der Waals surface area (Å²) in [5.74, 6) is -0.573. The second-order valence-electron chi connectivity index (χ2n) is 5.60. The first-order valence-electron chi connectivity index (χ1n) is 7.27. The number of halogens is 3. The van der Waals surface area contributed by atoms with E-state index in [9.17, 15) is 14.3 Å². The zero-order valence-electron chi connectivity index (χ0n) is 12.2. The Kier molecular flexibility index (Phi) is 5.89. The third kappa shape index (κ3) is 4.24. The molecule has 0 radical (unpaired) electrons. The third-order valence-corrected chi connectivity index (χ3v) is 4.61. The Hall–Kier alpha value is -1.04. The maximum atomic E-state index is 13.5. The van der Waals surface area contributed by atoms with Crippen molar-refractivity contribution in [2.24, 2.45) is 0 Å². The lowest BCUT2D eigenvalue weighted by Crippen LogP contribution is -2.44. The van der Waals surface area contributed by atoms with Crippen LogP contribution in [0.1, 0.15) is 44.2 Å². The molecular weight excluding hydrogens is 330 g/mol. The van der Waals surface area contributed by atoms with Crippen molar-refractivity contribution in [3.8, 4) is 0 Å². The van der Waals surface area contributed by atoms with Gasteiger partial charge in [-0.1, -0.05) is 23.2 Å². The van der Waals surface area contributed by atoms with Crippen molar-refractivity contribution < 1.29 is 14.3 Å². The van der Waals surface area contributed by atoms with Crippen LogP contribution in [0.2, 0.25) is 10.0 Å². The van der Waals surface area contributed by atoms with Gasteiger partial charge in [-0.2, -0.15) is 0 Å². The highest BCUT2D eigenvalue weighted by Crippen LogP contribution is 2.32. The molecule has 0 saturated heterocycles. The predicted molar refractivity (Wildman–Crippen MR) is 84.8 cm³/mol. The largest absolute Gasteiger partial charge is 0.393 e. The summed E-state index contributed by atoms with van der Waals surface area (Å²) in [6.45, 7) is 1.69. The Bertz CT molecular complexity index is 549. The second-order valence-corrected chi connectivity index (χ2v) is 6.39. The molecule has 3 N–H and O–H groups in total. The quantitative estimate of drug-likeness (QED) is 0.727. The van der Waals surface area contributed by atoms with E-state index in [1.165, 1.54) is 12.1 Å². The first kappa shape index (κ1) is 17.3. The number of carbonyl (C=O) groups is 1. The van der Waals surface area contributed by atoms with Gasteiger partial charge >= 0.3 is 6.03 Å². The molecule has 1 unspecified atom stereocenters. The Morgan fingerprint density at radius 2 is 1.95 bits per heavy atom. The van der Waals surface area contributed by atoms with Crippen molar-refractivity contribution >= 4 is 29.2 Å². The monoisotopic (exact) mass is 348 g/mol. The number of amides is 2. The minimum absolute atomic E-state index is 0.0362. The van der Waals surface area contributed by atoms with Gasteiger partial charge in [-0.15, -0.1) is 0 Å². The third-order valence-electron chi connectivity index (χ3n) is 3.89. The van der Waals surface area contributed by atoms with Crippen LogP contribution in [0.5, 0.6) is 0 Å². The van der Waals surface area contributed by atoms with Gasteiger partial charge in [0.15, 0.2) is 0 Å². The molecule has 0 bridgehead atoms. The fraction of sp³-hybridized carbons (Fsp3) is 0.533. The van der Waals surface area contributed by atoms with Gasteiger partial charge in [0.25, 0.3) is 0 Å². The first-order chi connectivity index (χ1) is 10.4. The van der Waals surface area contributed by atoms with Crippen LogP contribution >= 0.6 is 23.2 Å². The van der Waals surface area contributed by atoms with E-state index < -0.39 is 11.9 Å². The minimum atomic E-state index is -0.573. The van der Waals surface area contributed by atoms with Crippen LogP contribution in [0.25, 0.3) is 0 Å². The zero-order valence-corrected chi connectivity index (χ0v) is 13.7. The number of urea groups is 1. The number of aliphatic hydroxyl groups is 1. The minimum Gasteiger partial charge on any atom is -0.393 e. The standard InChI is InChI=1S/C15H19Cl2FN2O2/c1-8(13-11(16)6-7-12(18)14(13)17)19-15(22)20-9-2-4-10(21)5-3-9/h6-10,21H,2-5H2,1H3,(H2,19,20,22). The van der Waals surface area contributed by atoms with E-state index in [1.807, 2.05) is 0 Å². The summed E-state index contributed by atoms with van der Waals surface area (Å²) in [4.78, 5) is 12.0. The number of hydrogen-bond donors (Lipinski definition) is 3. The molecule has 0 aromatic heterocycles. The average molecular weight is 349 g/mol. The molecule has 1 fully saturated rings. The zero-order chi connectivity index (χ0) is 16.3. The highest BCUT2D eigenvalue weighted by atomic mass is 35.5. The van der Waals surface area contributed by atoms with Crippen molar-refractivity contribution in [2.45, 2.75) is 50.8 Å². The summed E-state index contributed by atoms with van der Waals surface area (Å²) >= 11 is 12.0. The molecule has 0 aliphatic heterocycles. The average Bonchev–Trinajstić information content (AvgIpc) is 2.46. The molecule has 1 aliphatic rings. The fourth-order valence-corrected chi connectivity index (χ4v) is 3.35. The van der Waals surface area contributed by atoms with E-state index in [2.05, 4.69) is 10.6 Å². The molecule has 4 nitrogen and oxygen atoms in total. The summed E-state index contributed by atoms with van der Waals surface area (Å²) in [5.41, 5.74) is 0.359. The summed E-state index contributed by atoms with van der Waals surface area (Å²) in [6.07, 6.45) is 2.57. The molecule has 122 valence electrons. The van der Waals surface area contributed by atoms with Crippen LogP contribution < -0.4 is 10.6 Å². The number of nitrogens with one attached hydrogen (secondary N) is 2. The Balaban J connectivity index is 1.96. The van der Waals surface area contributed by atoms with Crippen molar-refractivity contribution in [1.29, 1.82) is 0 Å². The van der Waals surface area contributed by atoms with Gasteiger partial charge in [-0.3, -0.25) is 0 Å². The molecule has 1 saturated carbocycles. The van der Waals surface area contributed by atoms with Gasteiger partial charge in [0, 0.05) is 16.6 Å². The van der Waals surface area contributed by atoms with E-state index in [-0.39, 0.29) is 23.2 Å². The molecule has 1 aromatic carbocycles. The lowest BCUT2D eigenvalue weighted by molar-refractivity contribution is 0.117. The molecule has 1 atom stereocenters. The Labute approximate surface area is 139 Å². The number of aliphatic hydroxyl groups excluding tert-OH is 1.